The fraction of sp³-hybridized carbons (Fsp3) is 0.400. The van der Waals surface area contributed by atoms with Gasteiger partial charge in [0.05, 0.1) is 18.4 Å². The molecule has 0 saturated heterocycles. The average molecular weight is 322 g/mol. The van der Waals surface area contributed by atoms with Crippen molar-refractivity contribution in [3.8, 4) is 0 Å². The van der Waals surface area contributed by atoms with Crippen molar-refractivity contribution < 1.29 is 18.8 Å². The van der Waals surface area contributed by atoms with E-state index in [2.05, 4.69) is 10.5 Å². The van der Waals surface area contributed by atoms with Gasteiger partial charge in [-0.05, 0) is 25.8 Å². The molecule has 0 aliphatic heterocycles. The van der Waals surface area contributed by atoms with Crippen molar-refractivity contribution in [2.45, 2.75) is 33.6 Å². The summed E-state index contributed by atoms with van der Waals surface area (Å²) >= 11 is 1.36. The summed E-state index contributed by atoms with van der Waals surface area (Å²) in [6.07, 6.45) is 1.37. The molecule has 0 aromatic carbocycles. The van der Waals surface area contributed by atoms with E-state index in [0.29, 0.717) is 34.0 Å². The summed E-state index contributed by atoms with van der Waals surface area (Å²) < 4.78 is 9.83. The number of aryl methyl sites for hydroxylation is 3. The van der Waals surface area contributed by atoms with Gasteiger partial charge in [-0.3, -0.25) is 4.79 Å². The van der Waals surface area contributed by atoms with E-state index in [1.807, 2.05) is 13.8 Å². The second-order valence-corrected chi connectivity index (χ2v) is 5.81. The van der Waals surface area contributed by atoms with Crippen molar-refractivity contribution in [3.05, 3.63) is 33.5 Å². The van der Waals surface area contributed by atoms with Crippen LogP contribution in [0.5, 0.6) is 0 Å². The minimum absolute atomic E-state index is 0.328. The zero-order chi connectivity index (χ0) is 16.3. The maximum Gasteiger partial charge on any atom is 0.340 e. The first-order chi connectivity index (χ1) is 10.5. The molecule has 0 radical (unpaired) electrons. The molecule has 2 aromatic rings. The SMILES string of the molecule is CCc1cc(C(=O)OC)c(NC(=O)c2c(CC)noc2C)s1. The Morgan fingerprint density at radius 3 is 2.68 bits per heavy atom. The predicted octanol–water partition coefficient (Wildman–Crippen LogP) is 3.21. The molecule has 0 unspecified atom stereocenters. The number of thiophene rings is 1. The van der Waals surface area contributed by atoms with E-state index in [9.17, 15) is 9.59 Å². The molecule has 1 N–H and O–H groups in total. The fourth-order valence-corrected chi connectivity index (χ4v) is 3.07. The molecule has 2 rings (SSSR count). The summed E-state index contributed by atoms with van der Waals surface area (Å²) in [7, 11) is 1.32. The topological polar surface area (TPSA) is 81.4 Å². The number of hydrogen-bond donors (Lipinski definition) is 1. The molecule has 6 nitrogen and oxygen atoms in total. The Morgan fingerprint density at radius 1 is 1.36 bits per heavy atom. The molecule has 2 aromatic heterocycles. The van der Waals surface area contributed by atoms with Crippen molar-refractivity contribution in [3.63, 3.8) is 0 Å². The molecule has 22 heavy (non-hydrogen) atoms. The Morgan fingerprint density at radius 2 is 2.09 bits per heavy atom. The highest BCUT2D eigenvalue weighted by atomic mass is 32.1. The van der Waals surface area contributed by atoms with Crippen molar-refractivity contribution in [2.75, 3.05) is 12.4 Å². The molecule has 0 fully saturated rings. The number of nitrogens with one attached hydrogen (secondary N) is 1. The summed E-state index contributed by atoms with van der Waals surface area (Å²) in [6.45, 7) is 5.57. The van der Waals surface area contributed by atoms with Crippen molar-refractivity contribution >= 4 is 28.2 Å². The normalized spacial score (nSPS) is 10.5. The van der Waals surface area contributed by atoms with Gasteiger partial charge in [0.15, 0.2) is 0 Å². The van der Waals surface area contributed by atoms with E-state index in [0.717, 1.165) is 11.3 Å². The maximum atomic E-state index is 12.5. The van der Waals surface area contributed by atoms with Gasteiger partial charge in [-0.15, -0.1) is 11.3 Å². The third kappa shape index (κ3) is 3.04. The van der Waals surface area contributed by atoms with Crippen molar-refractivity contribution in [2.24, 2.45) is 0 Å². The van der Waals surface area contributed by atoms with Crippen molar-refractivity contribution in [1.29, 1.82) is 0 Å². The van der Waals surface area contributed by atoms with Crippen LogP contribution in [0.1, 0.15) is 50.9 Å². The van der Waals surface area contributed by atoms with Crippen LogP contribution in [0.2, 0.25) is 0 Å². The molecule has 2 heterocycles. The van der Waals surface area contributed by atoms with Crippen LogP contribution in [0, 0.1) is 6.92 Å². The summed E-state index contributed by atoms with van der Waals surface area (Å²) in [6, 6.07) is 1.74. The first-order valence-electron chi connectivity index (χ1n) is 6.99. The number of esters is 1. The van der Waals surface area contributed by atoms with E-state index in [4.69, 9.17) is 9.26 Å². The van der Waals surface area contributed by atoms with E-state index in [-0.39, 0.29) is 5.91 Å². The predicted molar refractivity (Wildman–Crippen MR) is 83.6 cm³/mol. The Balaban J connectivity index is 2.33. The lowest BCUT2D eigenvalue weighted by molar-refractivity contribution is 0.0602. The summed E-state index contributed by atoms with van der Waals surface area (Å²) in [5.74, 6) is -0.337. The summed E-state index contributed by atoms with van der Waals surface area (Å²) in [5, 5.41) is 7.13. The number of aromatic nitrogens is 1. The highest BCUT2D eigenvalue weighted by molar-refractivity contribution is 7.16. The summed E-state index contributed by atoms with van der Waals surface area (Å²) in [5.41, 5.74) is 1.39. The maximum absolute atomic E-state index is 12.5. The Labute approximate surface area is 132 Å². The lowest BCUT2D eigenvalue weighted by Crippen LogP contribution is -2.15. The highest BCUT2D eigenvalue weighted by Gasteiger charge is 2.23. The number of methoxy groups -OCH3 is 1. The molecule has 0 atom stereocenters. The molecule has 0 bridgehead atoms. The van der Waals surface area contributed by atoms with Crippen LogP contribution in [0.4, 0.5) is 5.00 Å². The molecule has 7 heteroatoms. The van der Waals surface area contributed by atoms with Crippen LogP contribution in [0.25, 0.3) is 0 Å². The molecule has 0 spiro atoms. The Kier molecular flexibility index (Phi) is 4.97. The molecule has 118 valence electrons. The van der Waals surface area contributed by atoms with E-state index >= 15 is 0 Å². The van der Waals surface area contributed by atoms with Crippen LogP contribution in [-0.4, -0.2) is 24.1 Å². The largest absolute Gasteiger partial charge is 0.465 e. The van der Waals surface area contributed by atoms with E-state index < -0.39 is 5.97 Å². The lowest BCUT2D eigenvalue weighted by Gasteiger charge is -2.05. The average Bonchev–Trinajstić information content (AvgIpc) is 3.09. The van der Waals surface area contributed by atoms with Gasteiger partial charge >= 0.3 is 5.97 Å². The van der Waals surface area contributed by atoms with Gasteiger partial charge in [0.1, 0.15) is 16.3 Å². The highest BCUT2D eigenvalue weighted by Crippen LogP contribution is 2.30. The number of amides is 1. The second-order valence-electron chi connectivity index (χ2n) is 4.67. The molecule has 1 amide bonds. The van der Waals surface area contributed by atoms with Crippen LogP contribution < -0.4 is 5.32 Å². The molecular formula is C15H18N2O4S. The number of carbonyl (C=O) groups excluding carboxylic acids is 2. The third-order valence-electron chi connectivity index (χ3n) is 3.26. The standard InChI is InChI=1S/C15H18N2O4S/c1-5-9-7-10(15(19)20-4)14(22-9)16-13(18)12-8(3)21-17-11(12)6-2/h7H,5-6H2,1-4H3,(H,16,18). The van der Waals surface area contributed by atoms with Gasteiger partial charge in [-0.1, -0.05) is 19.0 Å². The second kappa shape index (κ2) is 6.74. The quantitative estimate of drug-likeness (QED) is 0.855. The monoisotopic (exact) mass is 322 g/mol. The molecule has 0 saturated carbocycles. The van der Waals surface area contributed by atoms with Crippen molar-refractivity contribution in [1.82, 2.24) is 5.16 Å². The first kappa shape index (κ1) is 16.2. The minimum Gasteiger partial charge on any atom is -0.465 e. The van der Waals surface area contributed by atoms with Crippen LogP contribution in [-0.2, 0) is 17.6 Å². The molecule has 0 aliphatic rings. The number of carbonyl (C=O) groups is 2. The molecular weight excluding hydrogens is 304 g/mol. The number of nitrogens with zero attached hydrogens (tertiary/aromatic N) is 1. The van der Waals surface area contributed by atoms with Gasteiger partial charge < -0.3 is 14.6 Å². The van der Waals surface area contributed by atoms with Crippen LogP contribution in [0.3, 0.4) is 0 Å². The lowest BCUT2D eigenvalue weighted by atomic mass is 10.1. The van der Waals surface area contributed by atoms with Gasteiger partial charge in [0, 0.05) is 4.88 Å². The number of hydrogen-bond acceptors (Lipinski definition) is 6. The zero-order valence-corrected chi connectivity index (χ0v) is 13.8. The first-order valence-corrected chi connectivity index (χ1v) is 7.80. The minimum atomic E-state index is -0.469. The third-order valence-corrected chi connectivity index (χ3v) is 4.45. The van der Waals surface area contributed by atoms with Gasteiger partial charge in [0.25, 0.3) is 5.91 Å². The van der Waals surface area contributed by atoms with Crippen LogP contribution >= 0.6 is 11.3 Å². The van der Waals surface area contributed by atoms with Gasteiger partial charge in [-0.2, -0.15) is 0 Å². The van der Waals surface area contributed by atoms with Gasteiger partial charge in [-0.25, -0.2) is 4.79 Å². The fourth-order valence-electron chi connectivity index (χ4n) is 2.09. The van der Waals surface area contributed by atoms with Gasteiger partial charge in [0.2, 0.25) is 0 Å². The zero-order valence-electron chi connectivity index (χ0n) is 13.0. The Hall–Kier alpha value is -2.15. The van der Waals surface area contributed by atoms with E-state index in [1.165, 1.54) is 18.4 Å². The van der Waals surface area contributed by atoms with Crippen LogP contribution in [0.15, 0.2) is 10.6 Å². The molecule has 0 aliphatic carbocycles. The number of anilines is 1. The van der Waals surface area contributed by atoms with E-state index in [1.54, 1.807) is 13.0 Å². The number of ether oxygens (including phenoxy) is 1. The Bertz CT molecular complexity index is 702. The number of rotatable bonds is 5. The summed E-state index contributed by atoms with van der Waals surface area (Å²) in [4.78, 5) is 25.3. The smallest absolute Gasteiger partial charge is 0.340 e.